The number of ether oxygens (including phenoxy) is 1. The van der Waals surface area contributed by atoms with E-state index in [1.54, 1.807) is 41.4 Å². The molecule has 206 valence electrons. The minimum atomic E-state index is -0.422. The summed E-state index contributed by atoms with van der Waals surface area (Å²) in [4.78, 5) is 31.9. The summed E-state index contributed by atoms with van der Waals surface area (Å²) in [6.45, 7) is 10.4. The maximum absolute atomic E-state index is 13.6. The van der Waals surface area contributed by atoms with Gasteiger partial charge in [-0.05, 0) is 63.9 Å². The lowest BCUT2D eigenvalue weighted by molar-refractivity contribution is -0.120. The van der Waals surface area contributed by atoms with Crippen LogP contribution in [0, 0.1) is 16.7 Å². The Labute approximate surface area is 241 Å². The summed E-state index contributed by atoms with van der Waals surface area (Å²) < 4.78 is 4.85. The molecule has 0 aliphatic heterocycles. The van der Waals surface area contributed by atoms with Gasteiger partial charge in [-0.3, -0.25) is 9.69 Å². The molecule has 0 aliphatic rings. The maximum atomic E-state index is 13.6. The van der Waals surface area contributed by atoms with Crippen molar-refractivity contribution in [3.05, 3.63) is 94.6 Å². The second-order valence-corrected chi connectivity index (χ2v) is 10.7. The molecule has 0 fully saturated rings. The van der Waals surface area contributed by atoms with Crippen molar-refractivity contribution >= 4 is 40.1 Å². The smallest absolute Gasteiger partial charge is 0.337 e. The molecule has 0 unspecified atom stereocenters. The maximum Gasteiger partial charge on any atom is 0.337 e. The van der Waals surface area contributed by atoms with Gasteiger partial charge in [0.2, 0.25) is 5.91 Å². The van der Waals surface area contributed by atoms with Crippen LogP contribution in [0.5, 0.6) is 0 Å². The fraction of sp³-hybridized carbons (Fsp3) is 0.273. The van der Waals surface area contributed by atoms with E-state index in [4.69, 9.17) is 21.6 Å². The second-order valence-electron chi connectivity index (χ2n) is 10.3. The number of nitrogens with zero attached hydrogens (tertiary/aromatic N) is 3. The molecule has 0 radical (unpaired) electrons. The van der Waals surface area contributed by atoms with E-state index in [2.05, 4.69) is 11.1 Å². The Bertz CT molecular complexity index is 1550. The largest absolute Gasteiger partial charge is 0.465 e. The summed E-state index contributed by atoms with van der Waals surface area (Å²) >= 11 is 6.22. The van der Waals surface area contributed by atoms with E-state index in [9.17, 15) is 9.59 Å². The molecular formula is C33H34ClN3O3. The molecule has 0 N–H and O–H groups in total. The van der Waals surface area contributed by atoms with Crippen LogP contribution < -0.4 is 4.90 Å². The van der Waals surface area contributed by atoms with Crippen LogP contribution in [0.15, 0.2) is 72.9 Å². The number of rotatable bonds is 6. The number of anilines is 1. The molecule has 1 amide bonds. The normalized spacial score (nSPS) is 10.8. The highest BCUT2D eigenvalue weighted by molar-refractivity contribution is 6.32. The fourth-order valence-electron chi connectivity index (χ4n) is 4.22. The SMILES string of the molecule is CC.COC(=O)c1ccc2c(N(Cc3ccc(-c4ccc(C#N)c(Cl)c4)cc3)C(=O)CC(C)(C)C)nccc2c1. The molecule has 0 saturated carbocycles. The molecule has 0 saturated heterocycles. The predicted molar refractivity (Wildman–Crippen MR) is 161 cm³/mol. The molecule has 0 spiro atoms. The Morgan fingerprint density at radius 1 is 0.975 bits per heavy atom. The first-order valence-corrected chi connectivity index (χ1v) is 13.5. The third kappa shape index (κ3) is 7.25. The summed E-state index contributed by atoms with van der Waals surface area (Å²) in [5, 5.41) is 11.1. The van der Waals surface area contributed by atoms with Crippen molar-refractivity contribution in [1.82, 2.24) is 4.98 Å². The number of nitriles is 1. The second kappa shape index (κ2) is 13.2. The van der Waals surface area contributed by atoms with Gasteiger partial charge < -0.3 is 4.74 Å². The number of benzene rings is 3. The average Bonchev–Trinajstić information content (AvgIpc) is 2.95. The predicted octanol–water partition coefficient (Wildman–Crippen LogP) is 8.21. The van der Waals surface area contributed by atoms with E-state index >= 15 is 0 Å². The van der Waals surface area contributed by atoms with Crippen LogP contribution in [0.4, 0.5) is 5.82 Å². The monoisotopic (exact) mass is 555 g/mol. The van der Waals surface area contributed by atoms with Crippen molar-refractivity contribution in [2.24, 2.45) is 5.41 Å². The van der Waals surface area contributed by atoms with Gasteiger partial charge in [-0.25, -0.2) is 9.78 Å². The Hall–Kier alpha value is -4.21. The number of halogens is 1. The highest BCUT2D eigenvalue weighted by atomic mass is 35.5. The molecule has 6 nitrogen and oxygen atoms in total. The number of methoxy groups -OCH3 is 1. The molecule has 3 aromatic carbocycles. The molecule has 0 aliphatic carbocycles. The first kappa shape index (κ1) is 30.3. The standard InChI is InChI=1S/C31H28ClN3O3.C2H6/c1-31(2,3)17-28(36)35(29-26-12-11-24(30(37)38-4)15-23(26)13-14-34-29)19-20-5-7-21(8-6-20)22-9-10-25(18-33)27(32)16-22;1-2/h5-16H,17,19H2,1-4H3;1-2H3. The number of carbonyl (C=O) groups excluding carboxylic acids is 2. The molecule has 40 heavy (non-hydrogen) atoms. The molecular weight excluding hydrogens is 522 g/mol. The third-order valence-electron chi connectivity index (χ3n) is 6.12. The quantitative estimate of drug-likeness (QED) is 0.224. The summed E-state index contributed by atoms with van der Waals surface area (Å²) in [7, 11) is 1.35. The van der Waals surface area contributed by atoms with Crippen molar-refractivity contribution in [1.29, 1.82) is 5.26 Å². The van der Waals surface area contributed by atoms with Gasteiger partial charge in [0, 0.05) is 18.0 Å². The van der Waals surface area contributed by atoms with Crippen LogP contribution in [-0.2, 0) is 16.1 Å². The Kier molecular flexibility index (Phi) is 10.0. The van der Waals surface area contributed by atoms with Crippen LogP contribution in [0.1, 0.15) is 62.5 Å². The van der Waals surface area contributed by atoms with Crippen molar-refractivity contribution in [2.75, 3.05) is 12.0 Å². The molecule has 4 aromatic rings. The van der Waals surface area contributed by atoms with Gasteiger partial charge in [-0.1, -0.05) is 76.6 Å². The number of hydrogen-bond donors (Lipinski definition) is 0. The van der Waals surface area contributed by atoms with Gasteiger partial charge in [0.1, 0.15) is 11.9 Å². The summed E-state index contributed by atoms with van der Waals surface area (Å²) in [6.07, 6.45) is 1.99. The number of carbonyl (C=O) groups is 2. The van der Waals surface area contributed by atoms with Crippen LogP contribution in [0.25, 0.3) is 21.9 Å². The first-order valence-electron chi connectivity index (χ1n) is 13.2. The topological polar surface area (TPSA) is 83.3 Å². The van der Waals surface area contributed by atoms with Gasteiger partial charge in [-0.2, -0.15) is 5.26 Å². The van der Waals surface area contributed by atoms with E-state index in [0.29, 0.717) is 34.9 Å². The number of esters is 1. The van der Waals surface area contributed by atoms with E-state index in [-0.39, 0.29) is 11.3 Å². The summed E-state index contributed by atoms with van der Waals surface area (Å²) in [5.74, 6) is 0.0724. The van der Waals surface area contributed by atoms with E-state index in [1.165, 1.54) is 7.11 Å². The Morgan fingerprint density at radius 2 is 1.65 bits per heavy atom. The molecule has 7 heteroatoms. The fourth-order valence-corrected chi connectivity index (χ4v) is 4.45. The van der Waals surface area contributed by atoms with Crippen molar-refractivity contribution in [3.8, 4) is 17.2 Å². The zero-order chi connectivity index (χ0) is 29.4. The van der Waals surface area contributed by atoms with Crippen LogP contribution in [-0.4, -0.2) is 24.0 Å². The van der Waals surface area contributed by atoms with Crippen LogP contribution in [0.2, 0.25) is 5.02 Å². The molecule has 0 bridgehead atoms. The number of aromatic nitrogens is 1. The number of amides is 1. The highest BCUT2D eigenvalue weighted by Gasteiger charge is 2.25. The van der Waals surface area contributed by atoms with Gasteiger partial charge in [0.15, 0.2) is 0 Å². The van der Waals surface area contributed by atoms with Gasteiger partial charge in [0.05, 0.1) is 29.8 Å². The molecule has 0 atom stereocenters. The van der Waals surface area contributed by atoms with Gasteiger partial charge in [-0.15, -0.1) is 0 Å². The van der Waals surface area contributed by atoms with Crippen molar-refractivity contribution in [3.63, 3.8) is 0 Å². The van der Waals surface area contributed by atoms with E-state index in [0.717, 1.165) is 27.5 Å². The van der Waals surface area contributed by atoms with Gasteiger partial charge in [0.25, 0.3) is 0 Å². The van der Waals surface area contributed by atoms with Crippen molar-refractivity contribution in [2.45, 2.75) is 47.6 Å². The summed E-state index contributed by atoms with van der Waals surface area (Å²) in [6, 6.07) is 22.3. The first-order chi connectivity index (χ1) is 19.1. The molecule has 4 rings (SSSR count). The highest BCUT2D eigenvalue weighted by Crippen LogP contribution is 2.31. The van der Waals surface area contributed by atoms with Crippen LogP contribution in [0.3, 0.4) is 0 Å². The average molecular weight is 556 g/mol. The van der Waals surface area contributed by atoms with Crippen LogP contribution >= 0.6 is 11.6 Å². The lowest BCUT2D eigenvalue weighted by Crippen LogP contribution is -2.34. The zero-order valence-corrected chi connectivity index (χ0v) is 24.5. The number of pyridine rings is 1. The zero-order valence-electron chi connectivity index (χ0n) is 23.8. The van der Waals surface area contributed by atoms with Gasteiger partial charge >= 0.3 is 5.97 Å². The summed E-state index contributed by atoms with van der Waals surface area (Å²) in [5.41, 5.74) is 3.44. The minimum absolute atomic E-state index is 0.0440. The lowest BCUT2D eigenvalue weighted by atomic mass is 9.91. The molecule has 1 heterocycles. The third-order valence-corrected chi connectivity index (χ3v) is 6.43. The van der Waals surface area contributed by atoms with Crippen molar-refractivity contribution < 1.29 is 14.3 Å². The number of fused-ring (bicyclic) bond motifs is 1. The Balaban J connectivity index is 0.00000216. The lowest BCUT2D eigenvalue weighted by Gasteiger charge is -2.27. The number of hydrogen-bond acceptors (Lipinski definition) is 5. The molecule has 1 aromatic heterocycles. The van der Waals surface area contributed by atoms with E-state index in [1.807, 2.05) is 71.0 Å². The Morgan fingerprint density at radius 3 is 2.25 bits per heavy atom. The minimum Gasteiger partial charge on any atom is -0.465 e. The van der Waals surface area contributed by atoms with E-state index < -0.39 is 5.97 Å².